The monoisotopic (exact) mass is 289 g/mol. The van der Waals surface area contributed by atoms with Gasteiger partial charge in [0.15, 0.2) is 0 Å². The maximum Gasteiger partial charge on any atom is 0.337 e. The molecule has 0 spiro atoms. The quantitative estimate of drug-likeness (QED) is 0.903. The molecule has 5 nitrogen and oxygen atoms in total. The van der Waals surface area contributed by atoms with Crippen molar-refractivity contribution in [2.45, 2.75) is 12.8 Å². The number of aromatic carboxylic acids is 1. The van der Waals surface area contributed by atoms with Crippen molar-refractivity contribution in [3.8, 4) is 0 Å². The van der Waals surface area contributed by atoms with Gasteiger partial charge in [0.1, 0.15) is 0 Å². The van der Waals surface area contributed by atoms with Crippen LogP contribution in [0, 0.1) is 0 Å². The molecule has 0 bridgehead atoms. The predicted molar refractivity (Wildman–Crippen MR) is 68.8 cm³/mol. The summed E-state index contributed by atoms with van der Waals surface area (Å²) in [5.41, 5.74) is 0.388. The first-order valence-electron chi connectivity index (χ1n) is 5.45. The van der Waals surface area contributed by atoms with Crippen molar-refractivity contribution < 1.29 is 18.3 Å². The van der Waals surface area contributed by atoms with Crippen LogP contribution in [0.5, 0.6) is 0 Å². The second-order valence-electron chi connectivity index (χ2n) is 4.06. The number of carbonyl (C=O) groups is 1. The summed E-state index contributed by atoms with van der Waals surface area (Å²) in [4.78, 5) is 10.8. The topological polar surface area (TPSA) is 74.7 Å². The van der Waals surface area contributed by atoms with E-state index in [2.05, 4.69) is 0 Å². The summed E-state index contributed by atoms with van der Waals surface area (Å²) in [5.74, 6) is -1.02. The van der Waals surface area contributed by atoms with Crippen molar-refractivity contribution in [3.05, 3.63) is 28.8 Å². The third kappa shape index (κ3) is 2.44. The van der Waals surface area contributed by atoms with Crippen LogP contribution in [0.15, 0.2) is 18.2 Å². The average Bonchev–Trinajstić information content (AvgIpc) is 2.27. The van der Waals surface area contributed by atoms with Gasteiger partial charge in [0, 0.05) is 6.54 Å². The van der Waals surface area contributed by atoms with E-state index < -0.39 is 16.0 Å². The lowest BCUT2D eigenvalue weighted by Crippen LogP contribution is -2.37. The van der Waals surface area contributed by atoms with Gasteiger partial charge in [0.25, 0.3) is 0 Å². The van der Waals surface area contributed by atoms with Crippen molar-refractivity contribution in [3.63, 3.8) is 0 Å². The number of carboxylic acid groups (broad SMARTS) is 1. The number of hydrogen-bond acceptors (Lipinski definition) is 3. The fraction of sp³-hybridized carbons (Fsp3) is 0.364. The number of carboxylic acids is 1. The Morgan fingerprint density at radius 2 is 2.06 bits per heavy atom. The van der Waals surface area contributed by atoms with Gasteiger partial charge in [0.05, 0.1) is 22.0 Å². The fourth-order valence-electron chi connectivity index (χ4n) is 1.91. The maximum absolute atomic E-state index is 11.9. The molecule has 1 fully saturated rings. The highest BCUT2D eigenvalue weighted by atomic mass is 35.5. The number of anilines is 1. The number of nitrogens with zero attached hydrogens (tertiary/aromatic N) is 1. The van der Waals surface area contributed by atoms with Crippen LogP contribution >= 0.6 is 11.6 Å². The largest absolute Gasteiger partial charge is 0.478 e. The molecular weight excluding hydrogens is 278 g/mol. The van der Waals surface area contributed by atoms with Gasteiger partial charge in [-0.15, -0.1) is 0 Å². The molecule has 1 aromatic rings. The molecule has 1 N–H and O–H groups in total. The molecule has 7 heteroatoms. The Bertz CT molecular complexity index is 585. The van der Waals surface area contributed by atoms with Crippen LogP contribution in [0.25, 0.3) is 0 Å². The predicted octanol–water partition coefficient (Wildman–Crippen LogP) is 1.97. The third-order valence-corrected chi connectivity index (χ3v) is 5.00. The van der Waals surface area contributed by atoms with E-state index in [1.165, 1.54) is 22.5 Å². The zero-order valence-electron chi connectivity index (χ0n) is 9.47. The second-order valence-corrected chi connectivity index (χ2v) is 6.48. The van der Waals surface area contributed by atoms with Crippen molar-refractivity contribution in [2.24, 2.45) is 0 Å². The molecule has 1 aliphatic rings. The summed E-state index contributed by atoms with van der Waals surface area (Å²) in [7, 11) is -3.30. The lowest BCUT2D eigenvalue weighted by atomic mass is 10.2. The Kier molecular flexibility index (Phi) is 3.49. The van der Waals surface area contributed by atoms with Gasteiger partial charge in [0.2, 0.25) is 10.0 Å². The van der Waals surface area contributed by atoms with E-state index in [0.717, 1.165) is 6.42 Å². The fourth-order valence-corrected chi connectivity index (χ4v) is 3.80. The van der Waals surface area contributed by atoms with E-state index in [1.807, 2.05) is 0 Å². The first-order valence-corrected chi connectivity index (χ1v) is 7.44. The summed E-state index contributed by atoms with van der Waals surface area (Å²) in [5, 5.41) is 8.90. The Hall–Kier alpha value is -1.27. The van der Waals surface area contributed by atoms with Crippen LogP contribution in [0.2, 0.25) is 5.02 Å². The van der Waals surface area contributed by atoms with E-state index >= 15 is 0 Å². The minimum absolute atomic E-state index is 0.0326. The van der Waals surface area contributed by atoms with Crippen molar-refractivity contribution in [2.75, 3.05) is 16.6 Å². The summed E-state index contributed by atoms with van der Waals surface area (Å²) < 4.78 is 25.0. The van der Waals surface area contributed by atoms with Crippen LogP contribution in [0.4, 0.5) is 5.69 Å². The van der Waals surface area contributed by atoms with E-state index in [-0.39, 0.29) is 16.3 Å². The molecule has 0 unspecified atom stereocenters. The third-order valence-electron chi connectivity index (χ3n) is 2.82. The lowest BCUT2D eigenvalue weighted by molar-refractivity contribution is 0.0697. The van der Waals surface area contributed by atoms with Gasteiger partial charge >= 0.3 is 5.97 Å². The van der Waals surface area contributed by atoms with E-state index in [9.17, 15) is 13.2 Å². The molecule has 18 heavy (non-hydrogen) atoms. The molecule has 1 heterocycles. The molecule has 98 valence electrons. The van der Waals surface area contributed by atoms with E-state index in [4.69, 9.17) is 16.7 Å². The van der Waals surface area contributed by atoms with Crippen molar-refractivity contribution in [1.29, 1.82) is 0 Å². The maximum atomic E-state index is 11.9. The Labute approximate surface area is 110 Å². The normalized spacial score (nSPS) is 18.6. The second kappa shape index (κ2) is 4.78. The number of hydrogen-bond donors (Lipinski definition) is 1. The first-order chi connectivity index (χ1) is 8.42. The molecule has 1 saturated heterocycles. The molecule has 1 aliphatic heterocycles. The van der Waals surface area contributed by atoms with Crippen molar-refractivity contribution in [1.82, 2.24) is 0 Å². The standard InChI is InChI=1S/C11H12ClNO4S/c12-10-7-8(3-4-9(10)11(14)15)13-5-1-2-6-18(13,16)17/h3-4,7H,1-2,5-6H2,(H,14,15). The average molecular weight is 290 g/mol. The molecule has 1 aromatic carbocycles. The van der Waals surface area contributed by atoms with Gasteiger partial charge in [-0.1, -0.05) is 11.6 Å². The minimum atomic E-state index is -3.30. The van der Waals surface area contributed by atoms with Gasteiger partial charge in [-0.2, -0.15) is 0 Å². The number of rotatable bonds is 2. The number of sulfonamides is 1. The highest BCUT2D eigenvalue weighted by Gasteiger charge is 2.26. The summed E-state index contributed by atoms with van der Waals surface area (Å²) in [6.07, 6.45) is 1.44. The van der Waals surface area contributed by atoms with Crippen LogP contribution in [0.3, 0.4) is 0 Å². The van der Waals surface area contributed by atoms with Gasteiger partial charge in [-0.05, 0) is 31.0 Å². The highest BCUT2D eigenvalue weighted by Crippen LogP contribution is 2.28. The molecular formula is C11H12ClNO4S. The molecule has 2 rings (SSSR count). The molecule has 0 aromatic heterocycles. The minimum Gasteiger partial charge on any atom is -0.478 e. The molecule has 0 saturated carbocycles. The smallest absolute Gasteiger partial charge is 0.337 e. The van der Waals surface area contributed by atoms with Crippen LogP contribution < -0.4 is 4.31 Å². The molecule has 0 aliphatic carbocycles. The zero-order valence-corrected chi connectivity index (χ0v) is 11.0. The van der Waals surface area contributed by atoms with Crippen LogP contribution in [-0.4, -0.2) is 31.8 Å². The highest BCUT2D eigenvalue weighted by molar-refractivity contribution is 7.92. The summed E-state index contributed by atoms with van der Waals surface area (Å²) in [6.45, 7) is 0.408. The van der Waals surface area contributed by atoms with Crippen LogP contribution in [0.1, 0.15) is 23.2 Å². The Balaban J connectivity index is 2.40. The Morgan fingerprint density at radius 3 is 2.61 bits per heavy atom. The zero-order chi connectivity index (χ0) is 13.3. The molecule has 0 radical (unpaired) electrons. The van der Waals surface area contributed by atoms with Gasteiger partial charge in [-0.25, -0.2) is 13.2 Å². The molecule has 0 amide bonds. The summed E-state index contributed by atoms with van der Waals surface area (Å²) in [6, 6.07) is 4.18. The summed E-state index contributed by atoms with van der Waals surface area (Å²) >= 11 is 5.83. The van der Waals surface area contributed by atoms with Gasteiger partial charge in [-0.3, -0.25) is 4.31 Å². The van der Waals surface area contributed by atoms with Crippen LogP contribution in [-0.2, 0) is 10.0 Å². The van der Waals surface area contributed by atoms with E-state index in [1.54, 1.807) is 0 Å². The van der Waals surface area contributed by atoms with Gasteiger partial charge < -0.3 is 5.11 Å². The molecule has 0 atom stereocenters. The van der Waals surface area contributed by atoms with Crippen molar-refractivity contribution >= 4 is 33.3 Å². The SMILES string of the molecule is O=C(O)c1ccc(N2CCCCS2(=O)=O)cc1Cl. The van der Waals surface area contributed by atoms with E-state index in [0.29, 0.717) is 18.7 Å². The number of halogens is 1. The lowest BCUT2D eigenvalue weighted by Gasteiger charge is -2.28. The Morgan fingerprint density at radius 1 is 1.33 bits per heavy atom. The number of benzene rings is 1. The first kappa shape index (κ1) is 13.2.